The number of halogens is 1. The summed E-state index contributed by atoms with van der Waals surface area (Å²) in [7, 11) is 0. The van der Waals surface area contributed by atoms with E-state index in [-0.39, 0.29) is 17.5 Å². The number of thiazole rings is 1. The van der Waals surface area contributed by atoms with Crippen LogP contribution in [-0.2, 0) is 0 Å². The number of aromatic nitrogens is 2. The van der Waals surface area contributed by atoms with Gasteiger partial charge in [0.15, 0.2) is 10.9 Å². The highest BCUT2D eigenvalue weighted by Gasteiger charge is 2.20. The standard InChI is InChI=1S/C18H16FN3O2S/c1-9-15(11(3)23)10(2)20-16(9)17(24)22-18-21-14(8-25-18)12-6-4-5-7-13(12)19/h4-8,20H,1-3H3,(H,21,22,24). The normalized spacial score (nSPS) is 10.7. The van der Waals surface area contributed by atoms with E-state index in [1.54, 1.807) is 37.4 Å². The maximum Gasteiger partial charge on any atom is 0.274 e. The Kier molecular flexibility index (Phi) is 4.50. The summed E-state index contributed by atoms with van der Waals surface area (Å²) in [6, 6.07) is 6.33. The molecule has 0 aliphatic carbocycles. The van der Waals surface area contributed by atoms with Crippen LogP contribution in [0.15, 0.2) is 29.6 Å². The van der Waals surface area contributed by atoms with Gasteiger partial charge in [-0.2, -0.15) is 0 Å². The lowest BCUT2D eigenvalue weighted by Gasteiger charge is -2.02. The van der Waals surface area contributed by atoms with Crippen LogP contribution in [0.1, 0.15) is 39.0 Å². The van der Waals surface area contributed by atoms with Crippen molar-refractivity contribution in [2.24, 2.45) is 0 Å². The summed E-state index contributed by atoms with van der Waals surface area (Å²) < 4.78 is 13.8. The molecular weight excluding hydrogens is 341 g/mol. The number of benzene rings is 1. The van der Waals surface area contributed by atoms with E-state index >= 15 is 0 Å². The van der Waals surface area contributed by atoms with Gasteiger partial charge in [0.2, 0.25) is 0 Å². The third-order valence-corrected chi connectivity index (χ3v) is 4.65. The summed E-state index contributed by atoms with van der Waals surface area (Å²) in [5.41, 5.74) is 2.95. The second-order valence-corrected chi connectivity index (χ2v) is 6.51. The first kappa shape index (κ1) is 17.0. The summed E-state index contributed by atoms with van der Waals surface area (Å²) in [5.74, 6) is -0.850. The molecular formula is C18H16FN3O2S. The SMILES string of the molecule is CC(=O)c1c(C)[nH]c(C(=O)Nc2nc(-c3ccccc3F)cs2)c1C. The average molecular weight is 357 g/mol. The number of hydrogen-bond acceptors (Lipinski definition) is 4. The van der Waals surface area contributed by atoms with E-state index in [4.69, 9.17) is 0 Å². The summed E-state index contributed by atoms with van der Waals surface area (Å²) >= 11 is 1.21. The van der Waals surface area contributed by atoms with Gasteiger partial charge in [-0.3, -0.25) is 14.9 Å². The molecule has 1 aromatic carbocycles. The number of H-pyrrole nitrogens is 1. The third kappa shape index (κ3) is 3.23. The molecule has 2 N–H and O–H groups in total. The van der Waals surface area contributed by atoms with Gasteiger partial charge in [-0.05, 0) is 38.5 Å². The van der Waals surface area contributed by atoms with Gasteiger partial charge in [0.1, 0.15) is 11.5 Å². The number of hydrogen-bond donors (Lipinski definition) is 2. The van der Waals surface area contributed by atoms with Crippen molar-refractivity contribution in [2.45, 2.75) is 20.8 Å². The molecule has 0 aliphatic heterocycles. The summed E-state index contributed by atoms with van der Waals surface area (Å²) in [6.45, 7) is 4.94. The highest BCUT2D eigenvalue weighted by molar-refractivity contribution is 7.14. The van der Waals surface area contributed by atoms with Gasteiger partial charge in [-0.1, -0.05) is 12.1 Å². The molecule has 3 rings (SSSR count). The van der Waals surface area contributed by atoms with Gasteiger partial charge < -0.3 is 4.98 Å². The van der Waals surface area contributed by atoms with Gasteiger partial charge >= 0.3 is 0 Å². The predicted molar refractivity (Wildman–Crippen MR) is 95.7 cm³/mol. The second kappa shape index (κ2) is 6.60. The molecule has 25 heavy (non-hydrogen) atoms. The Morgan fingerprint density at radius 1 is 1.24 bits per heavy atom. The molecule has 0 aliphatic rings. The fourth-order valence-corrected chi connectivity index (χ4v) is 3.49. The molecule has 0 spiro atoms. The number of rotatable bonds is 4. The lowest BCUT2D eigenvalue weighted by Crippen LogP contribution is -2.13. The van der Waals surface area contributed by atoms with Crippen molar-refractivity contribution in [1.29, 1.82) is 0 Å². The Morgan fingerprint density at radius 2 is 1.96 bits per heavy atom. The average Bonchev–Trinajstić information content (AvgIpc) is 3.12. The number of carbonyl (C=O) groups is 2. The second-order valence-electron chi connectivity index (χ2n) is 5.65. The van der Waals surface area contributed by atoms with Gasteiger partial charge in [0, 0.05) is 22.2 Å². The van der Waals surface area contributed by atoms with Crippen molar-refractivity contribution in [2.75, 3.05) is 5.32 Å². The number of anilines is 1. The molecule has 0 saturated carbocycles. The topological polar surface area (TPSA) is 74.8 Å². The molecule has 2 heterocycles. The van der Waals surface area contributed by atoms with Gasteiger partial charge in [0.25, 0.3) is 5.91 Å². The van der Waals surface area contributed by atoms with E-state index in [1.165, 1.54) is 24.3 Å². The van der Waals surface area contributed by atoms with E-state index in [2.05, 4.69) is 15.3 Å². The van der Waals surface area contributed by atoms with Crippen LogP contribution in [-0.4, -0.2) is 21.7 Å². The molecule has 0 bridgehead atoms. The first-order valence-electron chi connectivity index (χ1n) is 7.60. The summed E-state index contributed by atoms with van der Waals surface area (Å²) in [5, 5.41) is 4.73. The Morgan fingerprint density at radius 3 is 2.60 bits per heavy atom. The largest absolute Gasteiger partial charge is 0.354 e. The minimum absolute atomic E-state index is 0.0959. The number of carbonyl (C=O) groups excluding carboxylic acids is 2. The van der Waals surface area contributed by atoms with Crippen LogP contribution in [0, 0.1) is 19.7 Å². The third-order valence-electron chi connectivity index (χ3n) is 3.89. The first-order valence-corrected chi connectivity index (χ1v) is 8.48. The van der Waals surface area contributed by atoms with E-state index in [1.807, 2.05) is 0 Å². The van der Waals surface area contributed by atoms with Crippen molar-refractivity contribution >= 4 is 28.2 Å². The molecule has 0 fully saturated rings. The maximum atomic E-state index is 13.8. The Labute approximate surface area is 147 Å². The van der Waals surface area contributed by atoms with Gasteiger partial charge in [-0.15, -0.1) is 11.3 Å². The van der Waals surface area contributed by atoms with Crippen LogP contribution in [0.4, 0.5) is 9.52 Å². The molecule has 7 heteroatoms. The Balaban J connectivity index is 1.85. The van der Waals surface area contributed by atoms with Crippen LogP contribution in [0.25, 0.3) is 11.3 Å². The first-order chi connectivity index (χ1) is 11.9. The fourth-order valence-electron chi connectivity index (χ4n) is 2.79. The van der Waals surface area contributed by atoms with E-state index in [9.17, 15) is 14.0 Å². The quantitative estimate of drug-likeness (QED) is 0.682. The minimum Gasteiger partial charge on any atom is -0.354 e. The Bertz CT molecular complexity index is 975. The van der Waals surface area contributed by atoms with E-state index in [0.29, 0.717) is 38.9 Å². The zero-order valence-electron chi connectivity index (χ0n) is 13.9. The summed E-state index contributed by atoms with van der Waals surface area (Å²) in [4.78, 5) is 31.4. The number of ketones is 1. The van der Waals surface area contributed by atoms with Crippen LogP contribution in [0.2, 0.25) is 0 Å². The van der Waals surface area contributed by atoms with Crippen LogP contribution in [0.5, 0.6) is 0 Å². The van der Waals surface area contributed by atoms with Crippen molar-refractivity contribution in [3.8, 4) is 11.3 Å². The zero-order valence-corrected chi connectivity index (χ0v) is 14.8. The van der Waals surface area contributed by atoms with Crippen molar-refractivity contribution in [3.63, 3.8) is 0 Å². The fraction of sp³-hybridized carbons (Fsp3) is 0.167. The number of Topliss-reactive ketones (excluding diaryl/α,β-unsaturated/α-hetero) is 1. The number of aryl methyl sites for hydroxylation is 1. The van der Waals surface area contributed by atoms with Crippen molar-refractivity contribution < 1.29 is 14.0 Å². The van der Waals surface area contributed by atoms with E-state index < -0.39 is 0 Å². The molecule has 5 nitrogen and oxygen atoms in total. The molecule has 3 aromatic rings. The van der Waals surface area contributed by atoms with Gasteiger partial charge in [0.05, 0.1) is 5.69 Å². The molecule has 1 amide bonds. The lowest BCUT2D eigenvalue weighted by atomic mass is 10.1. The van der Waals surface area contributed by atoms with Crippen molar-refractivity contribution in [1.82, 2.24) is 9.97 Å². The highest BCUT2D eigenvalue weighted by Crippen LogP contribution is 2.27. The maximum absolute atomic E-state index is 13.8. The van der Waals surface area contributed by atoms with Crippen molar-refractivity contribution in [3.05, 3.63) is 58.0 Å². The smallest absolute Gasteiger partial charge is 0.274 e. The minimum atomic E-state index is -0.387. The van der Waals surface area contributed by atoms with Crippen LogP contribution >= 0.6 is 11.3 Å². The van der Waals surface area contributed by atoms with E-state index in [0.717, 1.165) is 0 Å². The predicted octanol–water partition coefficient (Wildman–Crippen LogP) is 4.35. The molecule has 0 saturated heterocycles. The molecule has 128 valence electrons. The Hall–Kier alpha value is -2.80. The number of amides is 1. The lowest BCUT2D eigenvalue weighted by molar-refractivity contribution is 0.101. The highest BCUT2D eigenvalue weighted by atomic mass is 32.1. The number of aromatic amines is 1. The zero-order chi connectivity index (χ0) is 18.1. The monoisotopic (exact) mass is 357 g/mol. The number of nitrogens with zero attached hydrogens (tertiary/aromatic N) is 1. The molecule has 0 atom stereocenters. The molecule has 2 aromatic heterocycles. The molecule has 0 radical (unpaired) electrons. The molecule has 0 unspecified atom stereocenters. The number of nitrogens with one attached hydrogen (secondary N) is 2. The van der Waals surface area contributed by atoms with Gasteiger partial charge in [-0.25, -0.2) is 9.37 Å². The van der Waals surface area contributed by atoms with Crippen LogP contribution in [0.3, 0.4) is 0 Å². The van der Waals surface area contributed by atoms with Crippen LogP contribution < -0.4 is 5.32 Å². The summed E-state index contributed by atoms with van der Waals surface area (Å²) in [6.07, 6.45) is 0.